The van der Waals surface area contributed by atoms with Crippen LogP contribution in [0.1, 0.15) is 35.7 Å². The first-order chi connectivity index (χ1) is 10.2. The van der Waals surface area contributed by atoms with Gasteiger partial charge in [0.1, 0.15) is 0 Å². The van der Waals surface area contributed by atoms with E-state index in [1.165, 1.54) is 4.88 Å². The number of rotatable bonds is 3. The molecule has 1 aromatic heterocycles. The van der Waals surface area contributed by atoms with Crippen LogP contribution in [-0.4, -0.2) is 24.4 Å². The highest BCUT2D eigenvalue weighted by Crippen LogP contribution is 2.34. The Hall–Kier alpha value is -1.81. The zero-order valence-corrected chi connectivity index (χ0v) is 13.2. The van der Waals surface area contributed by atoms with Crippen molar-refractivity contribution in [2.24, 2.45) is 0 Å². The van der Waals surface area contributed by atoms with Gasteiger partial charge in [0, 0.05) is 24.2 Å². The summed E-state index contributed by atoms with van der Waals surface area (Å²) in [6.07, 6.45) is 0.858. The van der Waals surface area contributed by atoms with Crippen LogP contribution in [0.5, 0.6) is 0 Å². The fourth-order valence-electron chi connectivity index (χ4n) is 2.88. The second-order valence-corrected chi connectivity index (χ2v) is 6.48. The first-order valence-electron chi connectivity index (χ1n) is 7.31. The van der Waals surface area contributed by atoms with Gasteiger partial charge in [-0.3, -0.25) is 4.79 Å². The van der Waals surface area contributed by atoms with Gasteiger partial charge in [-0.25, -0.2) is 0 Å². The normalized spacial score (nSPS) is 18.5. The van der Waals surface area contributed by atoms with Gasteiger partial charge in [0.05, 0.1) is 12.0 Å². The third kappa shape index (κ3) is 2.68. The van der Waals surface area contributed by atoms with Crippen molar-refractivity contribution < 1.29 is 4.79 Å². The average Bonchev–Trinajstić information content (AvgIpc) is 3.06. The summed E-state index contributed by atoms with van der Waals surface area (Å²) >= 11 is 1.70. The number of nitrogens with one attached hydrogen (secondary N) is 1. The average molecular weight is 300 g/mol. The molecule has 2 aromatic rings. The first kappa shape index (κ1) is 14.1. The molecule has 0 fully saturated rings. The number of carbonyl (C=O) groups excluding carboxylic acids is 1. The van der Waals surface area contributed by atoms with E-state index in [1.807, 2.05) is 30.1 Å². The Morgan fingerprint density at radius 1 is 1.33 bits per heavy atom. The number of nitrogens with zero attached hydrogens (tertiary/aromatic N) is 1. The van der Waals surface area contributed by atoms with Gasteiger partial charge in [0.2, 0.25) is 5.91 Å². The van der Waals surface area contributed by atoms with E-state index >= 15 is 0 Å². The summed E-state index contributed by atoms with van der Waals surface area (Å²) in [7, 11) is 1.91. The highest BCUT2D eigenvalue weighted by molar-refractivity contribution is 7.10. The molecule has 2 heterocycles. The summed E-state index contributed by atoms with van der Waals surface area (Å²) in [5.74, 6) is 0.180. The van der Waals surface area contributed by atoms with Gasteiger partial charge < -0.3 is 10.2 Å². The summed E-state index contributed by atoms with van der Waals surface area (Å²) in [6.45, 7) is 2.95. The zero-order valence-electron chi connectivity index (χ0n) is 12.4. The number of carbonyl (C=O) groups is 1. The second kappa shape index (κ2) is 5.90. The standard InChI is InChI=1S/C17H20N2OS/c1-12(16-8-5-11-21-16)19(2)17(20)14-9-10-18-15-7-4-3-6-13(14)15/h3-8,11-12,14,18H,9-10H2,1-2H3. The summed E-state index contributed by atoms with van der Waals surface area (Å²) in [6, 6.07) is 12.4. The lowest BCUT2D eigenvalue weighted by Gasteiger charge is -2.32. The minimum absolute atomic E-state index is 0.0325. The number of anilines is 1. The van der Waals surface area contributed by atoms with Crippen molar-refractivity contribution in [2.75, 3.05) is 18.9 Å². The summed E-state index contributed by atoms with van der Waals surface area (Å²) in [5, 5.41) is 5.43. The lowest BCUT2D eigenvalue weighted by Crippen LogP contribution is -2.36. The van der Waals surface area contributed by atoms with Gasteiger partial charge in [-0.1, -0.05) is 24.3 Å². The molecule has 0 saturated carbocycles. The number of amides is 1. The monoisotopic (exact) mass is 300 g/mol. The Labute approximate surface area is 129 Å². The minimum atomic E-state index is -0.0325. The van der Waals surface area contributed by atoms with E-state index < -0.39 is 0 Å². The number of likely N-dealkylation sites (N-methyl/N-ethyl adjacent to an activating group) is 1. The van der Waals surface area contributed by atoms with E-state index in [4.69, 9.17) is 0 Å². The SMILES string of the molecule is CC(c1cccs1)N(C)C(=O)C1CCNc2ccccc21. The molecule has 1 aliphatic rings. The molecular formula is C17H20N2OS. The van der Waals surface area contributed by atoms with E-state index in [0.29, 0.717) is 0 Å². The number of hydrogen-bond donors (Lipinski definition) is 1. The lowest BCUT2D eigenvalue weighted by atomic mass is 9.89. The molecule has 2 atom stereocenters. The molecule has 21 heavy (non-hydrogen) atoms. The van der Waals surface area contributed by atoms with Crippen molar-refractivity contribution in [3.63, 3.8) is 0 Å². The molecule has 110 valence electrons. The van der Waals surface area contributed by atoms with Crippen molar-refractivity contribution >= 4 is 22.9 Å². The van der Waals surface area contributed by atoms with Crippen LogP contribution in [0.25, 0.3) is 0 Å². The van der Waals surface area contributed by atoms with Gasteiger partial charge in [0.15, 0.2) is 0 Å². The van der Waals surface area contributed by atoms with Gasteiger partial charge in [0.25, 0.3) is 0 Å². The number of fused-ring (bicyclic) bond motifs is 1. The maximum Gasteiger partial charge on any atom is 0.230 e. The Balaban J connectivity index is 1.83. The lowest BCUT2D eigenvalue weighted by molar-refractivity contribution is -0.133. The molecule has 0 aliphatic carbocycles. The summed E-state index contributed by atoms with van der Waals surface area (Å²) < 4.78 is 0. The van der Waals surface area contributed by atoms with Crippen LogP contribution in [0.15, 0.2) is 41.8 Å². The van der Waals surface area contributed by atoms with E-state index in [-0.39, 0.29) is 17.9 Å². The van der Waals surface area contributed by atoms with E-state index in [2.05, 4.69) is 35.8 Å². The molecule has 0 spiro atoms. The van der Waals surface area contributed by atoms with Crippen molar-refractivity contribution in [3.05, 3.63) is 52.2 Å². The fraction of sp³-hybridized carbons (Fsp3) is 0.353. The van der Waals surface area contributed by atoms with E-state index in [1.54, 1.807) is 11.3 Å². The third-order valence-electron chi connectivity index (χ3n) is 4.27. The smallest absolute Gasteiger partial charge is 0.230 e. The van der Waals surface area contributed by atoms with Crippen molar-refractivity contribution in [2.45, 2.75) is 25.3 Å². The van der Waals surface area contributed by atoms with Crippen LogP contribution in [0.3, 0.4) is 0 Å². The molecule has 4 heteroatoms. The molecule has 0 saturated heterocycles. The highest BCUT2D eigenvalue weighted by Gasteiger charge is 2.30. The number of hydrogen-bond acceptors (Lipinski definition) is 3. The zero-order chi connectivity index (χ0) is 14.8. The Kier molecular flexibility index (Phi) is 3.97. The fourth-order valence-corrected chi connectivity index (χ4v) is 3.71. The molecule has 3 rings (SSSR count). The van der Waals surface area contributed by atoms with Crippen LogP contribution < -0.4 is 5.32 Å². The minimum Gasteiger partial charge on any atom is -0.385 e. The largest absolute Gasteiger partial charge is 0.385 e. The summed E-state index contributed by atoms with van der Waals surface area (Å²) in [4.78, 5) is 16.0. The molecule has 1 amide bonds. The predicted molar refractivity (Wildman–Crippen MR) is 87.8 cm³/mol. The molecule has 0 bridgehead atoms. The van der Waals surface area contributed by atoms with Crippen LogP contribution in [0.4, 0.5) is 5.69 Å². The van der Waals surface area contributed by atoms with Gasteiger partial charge in [-0.2, -0.15) is 0 Å². The third-order valence-corrected chi connectivity index (χ3v) is 5.31. The molecule has 1 aromatic carbocycles. The Morgan fingerprint density at radius 2 is 2.14 bits per heavy atom. The van der Waals surface area contributed by atoms with E-state index in [9.17, 15) is 4.79 Å². The maximum atomic E-state index is 12.9. The van der Waals surface area contributed by atoms with Gasteiger partial charge in [-0.05, 0) is 36.4 Å². The van der Waals surface area contributed by atoms with E-state index in [0.717, 1.165) is 24.2 Å². The Bertz CT molecular complexity index is 623. The van der Waals surface area contributed by atoms with Gasteiger partial charge >= 0.3 is 0 Å². The van der Waals surface area contributed by atoms with Crippen molar-refractivity contribution in [1.82, 2.24) is 4.90 Å². The van der Waals surface area contributed by atoms with Crippen LogP contribution in [0.2, 0.25) is 0 Å². The highest BCUT2D eigenvalue weighted by atomic mass is 32.1. The molecule has 0 radical (unpaired) electrons. The maximum absolute atomic E-state index is 12.9. The van der Waals surface area contributed by atoms with Crippen molar-refractivity contribution in [3.8, 4) is 0 Å². The summed E-state index contributed by atoms with van der Waals surface area (Å²) in [5.41, 5.74) is 2.22. The first-order valence-corrected chi connectivity index (χ1v) is 8.19. The molecule has 3 nitrogen and oxygen atoms in total. The number of thiophene rings is 1. The predicted octanol–water partition coefficient (Wildman–Crippen LogP) is 3.87. The second-order valence-electron chi connectivity index (χ2n) is 5.50. The topological polar surface area (TPSA) is 32.3 Å². The molecular weight excluding hydrogens is 280 g/mol. The Morgan fingerprint density at radius 3 is 2.90 bits per heavy atom. The molecule has 1 N–H and O–H groups in total. The van der Waals surface area contributed by atoms with Crippen LogP contribution in [0, 0.1) is 0 Å². The van der Waals surface area contributed by atoms with Crippen molar-refractivity contribution in [1.29, 1.82) is 0 Å². The quantitative estimate of drug-likeness (QED) is 0.933. The molecule has 1 aliphatic heterocycles. The number of benzene rings is 1. The van der Waals surface area contributed by atoms with Crippen LogP contribution in [-0.2, 0) is 4.79 Å². The number of para-hydroxylation sites is 1. The molecule has 2 unspecified atom stereocenters. The van der Waals surface area contributed by atoms with Crippen LogP contribution >= 0.6 is 11.3 Å². The van der Waals surface area contributed by atoms with Gasteiger partial charge in [-0.15, -0.1) is 11.3 Å².